The molecule has 9 heteroatoms. The first-order valence-electron chi connectivity index (χ1n) is 7.63. The Morgan fingerprint density at radius 3 is 2.67 bits per heavy atom. The highest BCUT2D eigenvalue weighted by atomic mass is 35.5. The van der Waals surface area contributed by atoms with E-state index in [0.29, 0.717) is 12.1 Å². The van der Waals surface area contributed by atoms with E-state index in [0.717, 1.165) is 17.1 Å². The Kier molecular flexibility index (Phi) is 5.25. The van der Waals surface area contributed by atoms with Crippen LogP contribution in [0.15, 0.2) is 29.2 Å². The summed E-state index contributed by atoms with van der Waals surface area (Å²) in [7, 11) is -3.02. The summed E-state index contributed by atoms with van der Waals surface area (Å²) in [6, 6.07) is 6.76. The number of amides is 2. The molecule has 0 radical (unpaired) electrons. The minimum Gasteiger partial charge on any atom is -0.334 e. The Balaban J connectivity index is 1.55. The molecule has 2 aliphatic rings. The number of benzene rings is 1. The summed E-state index contributed by atoms with van der Waals surface area (Å²) >= 11 is 13.7. The molecule has 1 aliphatic carbocycles. The average molecular weight is 409 g/mol. The fraction of sp³-hybridized carbons (Fsp3) is 0.533. The monoisotopic (exact) mass is 408 g/mol. The van der Waals surface area contributed by atoms with Gasteiger partial charge in [0.25, 0.3) is 0 Å². The highest BCUT2D eigenvalue weighted by molar-refractivity contribution is 7.99. The second-order valence-electron chi connectivity index (χ2n) is 6.17. The van der Waals surface area contributed by atoms with Gasteiger partial charge in [-0.3, -0.25) is 0 Å². The Hall–Kier alpha value is -0.630. The molecule has 0 bridgehead atoms. The molecule has 1 aliphatic heterocycles. The third-order valence-electron chi connectivity index (χ3n) is 4.10. The number of thioether (sulfide) groups is 1. The van der Waals surface area contributed by atoms with Gasteiger partial charge in [-0.1, -0.05) is 12.1 Å². The highest BCUT2D eigenvalue weighted by Crippen LogP contribution is 2.55. The van der Waals surface area contributed by atoms with Crippen molar-refractivity contribution >= 4 is 56.5 Å². The summed E-state index contributed by atoms with van der Waals surface area (Å²) in [4.78, 5) is 13.0. The molecule has 1 aromatic carbocycles. The van der Waals surface area contributed by atoms with Gasteiger partial charge in [0.1, 0.15) is 4.33 Å². The summed E-state index contributed by atoms with van der Waals surface area (Å²) in [5, 5.41) is 5.52. The molecule has 0 spiro atoms. The number of alkyl halides is 2. The lowest BCUT2D eigenvalue weighted by molar-refractivity contribution is 0.249. The fourth-order valence-corrected chi connectivity index (χ4v) is 6.20. The zero-order valence-corrected chi connectivity index (χ0v) is 15.9. The normalized spacial score (nSPS) is 26.8. The lowest BCUT2D eigenvalue weighted by atomic mass is 10.3. The number of para-hydroxylation sites is 1. The number of anilines is 1. The van der Waals surface area contributed by atoms with E-state index in [2.05, 4.69) is 10.6 Å². The summed E-state index contributed by atoms with van der Waals surface area (Å²) in [6.45, 7) is 0. The number of hydrogen-bond acceptors (Lipinski definition) is 4. The molecule has 2 N–H and O–H groups in total. The van der Waals surface area contributed by atoms with Gasteiger partial charge in [-0.2, -0.15) is 0 Å². The van der Waals surface area contributed by atoms with Gasteiger partial charge in [-0.05, 0) is 25.0 Å². The first-order valence-corrected chi connectivity index (χ1v) is 11.2. The van der Waals surface area contributed by atoms with Gasteiger partial charge in [0.05, 0.1) is 17.2 Å². The molecular formula is C15H18Cl2N2O3S2. The molecule has 2 unspecified atom stereocenters. The van der Waals surface area contributed by atoms with Crippen molar-refractivity contribution in [2.75, 3.05) is 22.6 Å². The number of nitrogens with one attached hydrogen (secondary N) is 2. The second-order valence-corrected chi connectivity index (χ2v) is 11.0. The van der Waals surface area contributed by atoms with E-state index in [1.807, 2.05) is 24.3 Å². The third kappa shape index (κ3) is 4.71. The SMILES string of the molecule is O=C(Nc1ccccc1SCC1CC1(Cl)Cl)NC1CCS(=O)(=O)C1. The van der Waals surface area contributed by atoms with Crippen LogP contribution in [0.5, 0.6) is 0 Å². The predicted octanol–water partition coefficient (Wildman–Crippen LogP) is 3.28. The van der Waals surface area contributed by atoms with Crippen molar-refractivity contribution < 1.29 is 13.2 Å². The number of rotatable bonds is 5. The molecule has 3 rings (SSSR count). The molecular weight excluding hydrogens is 391 g/mol. The van der Waals surface area contributed by atoms with E-state index in [4.69, 9.17) is 23.2 Å². The first-order chi connectivity index (χ1) is 11.3. The van der Waals surface area contributed by atoms with Crippen LogP contribution in [-0.4, -0.2) is 42.1 Å². The third-order valence-corrected chi connectivity index (χ3v) is 8.03. The molecule has 2 amide bonds. The van der Waals surface area contributed by atoms with Crippen LogP contribution < -0.4 is 10.6 Å². The van der Waals surface area contributed by atoms with E-state index in [1.54, 1.807) is 11.8 Å². The van der Waals surface area contributed by atoms with Crippen LogP contribution in [0.2, 0.25) is 0 Å². The lowest BCUT2D eigenvalue weighted by Gasteiger charge is -2.14. The van der Waals surface area contributed by atoms with Crippen LogP contribution in [0.1, 0.15) is 12.8 Å². The Labute approximate surface area is 155 Å². The fourth-order valence-electron chi connectivity index (χ4n) is 2.59. The zero-order chi connectivity index (χ0) is 17.4. The lowest BCUT2D eigenvalue weighted by Crippen LogP contribution is -2.38. The number of carbonyl (C=O) groups excluding carboxylic acids is 1. The van der Waals surface area contributed by atoms with Crippen molar-refractivity contribution in [3.05, 3.63) is 24.3 Å². The number of halogens is 2. The van der Waals surface area contributed by atoms with Gasteiger partial charge in [0.2, 0.25) is 0 Å². The van der Waals surface area contributed by atoms with E-state index in [9.17, 15) is 13.2 Å². The van der Waals surface area contributed by atoms with Crippen LogP contribution in [0.3, 0.4) is 0 Å². The van der Waals surface area contributed by atoms with Crippen molar-refractivity contribution in [2.45, 2.75) is 28.1 Å². The second kappa shape index (κ2) is 6.94. The molecule has 2 atom stereocenters. The molecule has 1 aromatic rings. The first kappa shape index (κ1) is 18.2. The number of sulfone groups is 1. The molecule has 0 aromatic heterocycles. The topological polar surface area (TPSA) is 75.3 Å². The average Bonchev–Trinajstić information content (AvgIpc) is 2.96. The minimum absolute atomic E-state index is 0.00598. The summed E-state index contributed by atoms with van der Waals surface area (Å²) < 4.78 is 22.3. The van der Waals surface area contributed by atoms with Crippen LogP contribution in [-0.2, 0) is 9.84 Å². The van der Waals surface area contributed by atoms with Crippen molar-refractivity contribution in [2.24, 2.45) is 5.92 Å². The smallest absolute Gasteiger partial charge is 0.319 e. The molecule has 1 saturated carbocycles. The van der Waals surface area contributed by atoms with Gasteiger partial charge in [0, 0.05) is 22.6 Å². The van der Waals surface area contributed by atoms with E-state index in [1.165, 1.54) is 0 Å². The van der Waals surface area contributed by atoms with Gasteiger partial charge >= 0.3 is 6.03 Å². The highest BCUT2D eigenvalue weighted by Gasteiger charge is 2.51. The van der Waals surface area contributed by atoms with E-state index < -0.39 is 14.2 Å². The molecule has 1 heterocycles. The number of hydrogen-bond donors (Lipinski definition) is 2. The van der Waals surface area contributed by atoms with E-state index >= 15 is 0 Å². The van der Waals surface area contributed by atoms with Crippen LogP contribution >= 0.6 is 35.0 Å². The summed E-state index contributed by atoms with van der Waals surface area (Å²) in [5.74, 6) is 1.18. The maximum absolute atomic E-state index is 12.1. The minimum atomic E-state index is -3.02. The van der Waals surface area contributed by atoms with Crippen molar-refractivity contribution in [3.63, 3.8) is 0 Å². The zero-order valence-electron chi connectivity index (χ0n) is 12.8. The Morgan fingerprint density at radius 1 is 1.33 bits per heavy atom. The Morgan fingerprint density at radius 2 is 2.04 bits per heavy atom. The van der Waals surface area contributed by atoms with Crippen molar-refractivity contribution in [3.8, 4) is 0 Å². The van der Waals surface area contributed by atoms with Gasteiger partial charge in [0.15, 0.2) is 9.84 Å². The van der Waals surface area contributed by atoms with Crippen LogP contribution in [0, 0.1) is 5.92 Å². The van der Waals surface area contributed by atoms with Gasteiger partial charge in [-0.15, -0.1) is 35.0 Å². The van der Waals surface area contributed by atoms with Crippen LogP contribution in [0.25, 0.3) is 0 Å². The summed E-state index contributed by atoms with van der Waals surface area (Å²) in [6.07, 6.45) is 1.25. The van der Waals surface area contributed by atoms with Crippen LogP contribution in [0.4, 0.5) is 10.5 Å². The van der Waals surface area contributed by atoms with Gasteiger partial charge in [-0.25, -0.2) is 13.2 Å². The quantitative estimate of drug-likeness (QED) is 0.578. The summed E-state index contributed by atoms with van der Waals surface area (Å²) in [5.41, 5.74) is 0.691. The van der Waals surface area contributed by atoms with Crippen molar-refractivity contribution in [1.82, 2.24) is 5.32 Å². The molecule has 2 fully saturated rings. The molecule has 1 saturated heterocycles. The molecule has 132 valence electrons. The van der Waals surface area contributed by atoms with Gasteiger partial charge < -0.3 is 10.6 Å². The largest absolute Gasteiger partial charge is 0.334 e. The predicted molar refractivity (Wildman–Crippen MR) is 98.9 cm³/mol. The maximum Gasteiger partial charge on any atom is 0.319 e. The maximum atomic E-state index is 12.1. The molecule has 5 nitrogen and oxygen atoms in total. The standard InChI is InChI=1S/C15H18Cl2N2O3S2/c16-15(17)7-10(15)8-23-13-4-2-1-3-12(13)19-14(20)18-11-5-6-24(21,22)9-11/h1-4,10-11H,5-9H2,(H2,18,19,20). The number of carbonyl (C=O) groups is 1. The van der Waals surface area contributed by atoms with Crippen molar-refractivity contribution in [1.29, 1.82) is 0 Å². The van der Waals surface area contributed by atoms with E-state index in [-0.39, 0.29) is 29.5 Å². The number of urea groups is 1. The Bertz CT molecular complexity index is 740. The molecule has 24 heavy (non-hydrogen) atoms.